The van der Waals surface area contributed by atoms with Gasteiger partial charge < -0.3 is 10.6 Å². The van der Waals surface area contributed by atoms with Crippen molar-refractivity contribution >= 4 is 21.4 Å². The van der Waals surface area contributed by atoms with Crippen LogP contribution in [-0.4, -0.2) is 27.2 Å². The van der Waals surface area contributed by atoms with Crippen LogP contribution in [0.1, 0.15) is 12.8 Å². The van der Waals surface area contributed by atoms with Gasteiger partial charge in [0.2, 0.25) is 10.0 Å². The van der Waals surface area contributed by atoms with Crippen molar-refractivity contribution in [1.82, 2.24) is 0 Å². The molecule has 4 N–H and O–H groups in total. The maximum atomic E-state index is 12.6. The molecular weight excluding hydrogens is 295 g/mol. The Morgan fingerprint density at radius 2 is 1.90 bits per heavy atom. The van der Waals surface area contributed by atoms with Crippen molar-refractivity contribution in [2.24, 2.45) is 5.14 Å². The van der Waals surface area contributed by atoms with Gasteiger partial charge in [0.25, 0.3) is 0 Å². The first-order chi connectivity index (χ1) is 9.08. The minimum Gasteiger partial charge on any atom is -0.398 e. The van der Waals surface area contributed by atoms with Gasteiger partial charge in [0, 0.05) is 11.7 Å². The number of primary sulfonamides is 1. The molecule has 1 aromatic rings. The van der Waals surface area contributed by atoms with Gasteiger partial charge in [-0.2, -0.15) is 13.2 Å². The van der Waals surface area contributed by atoms with Crippen LogP contribution in [0.5, 0.6) is 0 Å². The van der Waals surface area contributed by atoms with Crippen LogP contribution in [-0.2, 0) is 10.0 Å². The van der Waals surface area contributed by atoms with Crippen molar-refractivity contribution in [3.8, 4) is 0 Å². The number of nitrogen functional groups attached to an aromatic ring is 1. The third-order valence-corrected chi connectivity index (χ3v) is 3.95. The molecule has 0 radical (unpaired) electrons. The Kier molecular flexibility index (Phi) is 3.59. The smallest absolute Gasteiger partial charge is 0.398 e. The maximum Gasteiger partial charge on any atom is 0.405 e. The molecule has 0 unspecified atom stereocenters. The lowest BCUT2D eigenvalue weighted by Crippen LogP contribution is -2.36. The van der Waals surface area contributed by atoms with Gasteiger partial charge in [-0.3, -0.25) is 0 Å². The van der Waals surface area contributed by atoms with Gasteiger partial charge in [-0.25, -0.2) is 13.6 Å². The van der Waals surface area contributed by atoms with Crippen LogP contribution in [0.2, 0.25) is 0 Å². The van der Waals surface area contributed by atoms with Crippen molar-refractivity contribution < 1.29 is 21.6 Å². The van der Waals surface area contributed by atoms with E-state index in [0.717, 1.165) is 6.07 Å². The summed E-state index contributed by atoms with van der Waals surface area (Å²) >= 11 is 0. The zero-order valence-electron chi connectivity index (χ0n) is 10.4. The van der Waals surface area contributed by atoms with Gasteiger partial charge in [-0.05, 0) is 31.0 Å². The quantitative estimate of drug-likeness (QED) is 0.824. The first kappa shape index (κ1) is 14.9. The summed E-state index contributed by atoms with van der Waals surface area (Å²) in [4.78, 5) is 0.896. The Hall–Kier alpha value is -1.48. The fourth-order valence-corrected chi connectivity index (χ4v) is 2.63. The van der Waals surface area contributed by atoms with E-state index in [1.807, 2.05) is 0 Å². The van der Waals surface area contributed by atoms with E-state index in [4.69, 9.17) is 10.9 Å². The zero-order chi connectivity index (χ0) is 15.1. The monoisotopic (exact) mass is 309 g/mol. The summed E-state index contributed by atoms with van der Waals surface area (Å²) in [5.41, 5.74) is 5.65. The minimum atomic E-state index is -4.34. The fraction of sp³-hybridized carbons (Fsp3) is 0.455. The molecule has 0 aliphatic heterocycles. The molecule has 0 saturated heterocycles. The van der Waals surface area contributed by atoms with Gasteiger partial charge in [0.05, 0.1) is 5.69 Å². The van der Waals surface area contributed by atoms with Gasteiger partial charge in [0.15, 0.2) is 0 Å². The number of halogens is 3. The lowest BCUT2D eigenvalue weighted by Gasteiger charge is -2.26. The lowest BCUT2D eigenvalue weighted by atomic mass is 10.2. The van der Waals surface area contributed by atoms with Crippen LogP contribution in [0.15, 0.2) is 23.1 Å². The molecule has 0 amide bonds. The fourth-order valence-electron chi connectivity index (χ4n) is 1.98. The number of alkyl halides is 3. The Labute approximate surface area is 114 Å². The Morgan fingerprint density at radius 1 is 1.30 bits per heavy atom. The predicted octanol–water partition coefficient (Wildman–Crippen LogP) is 1.45. The molecule has 0 atom stereocenters. The Balaban J connectivity index is 2.33. The lowest BCUT2D eigenvalue weighted by molar-refractivity contribution is -0.120. The summed E-state index contributed by atoms with van der Waals surface area (Å²) in [6.07, 6.45) is -2.99. The molecule has 5 nitrogen and oxygen atoms in total. The molecule has 2 rings (SSSR count). The molecule has 112 valence electrons. The van der Waals surface area contributed by atoms with E-state index >= 15 is 0 Å². The van der Waals surface area contributed by atoms with E-state index in [1.165, 1.54) is 17.0 Å². The highest BCUT2D eigenvalue weighted by molar-refractivity contribution is 7.89. The predicted molar refractivity (Wildman–Crippen MR) is 68.7 cm³/mol. The average Bonchev–Trinajstić information content (AvgIpc) is 3.06. The number of nitrogens with zero attached hydrogens (tertiary/aromatic N) is 1. The number of hydrogen-bond acceptors (Lipinski definition) is 4. The summed E-state index contributed by atoms with van der Waals surface area (Å²) in [6, 6.07) is 3.45. The SMILES string of the molecule is Nc1cc(N(CC(F)(F)F)C2CC2)ccc1S(N)(=O)=O. The number of anilines is 2. The van der Waals surface area contributed by atoms with Gasteiger partial charge >= 0.3 is 6.18 Å². The number of sulfonamides is 1. The highest BCUT2D eigenvalue weighted by Crippen LogP contribution is 2.36. The third-order valence-electron chi connectivity index (χ3n) is 2.97. The molecule has 1 aliphatic carbocycles. The van der Waals surface area contributed by atoms with E-state index in [1.54, 1.807) is 0 Å². The zero-order valence-corrected chi connectivity index (χ0v) is 11.2. The van der Waals surface area contributed by atoms with Crippen LogP contribution in [0, 0.1) is 0 Å². The van der Waals surface area contributed by atoms with Crippen LogP contribution in [0.3, 0.4) is 0 Å². The first-order valence-electron chi connectivity index (χ1n) is 5.83. The molecule has 1 aliphatic rings. The van der Waals surface area contributed by atoms with Crippen LogP contribution >= 0.6 is 0 Å². The van der Waals surface area contributed by atoms with Crippen molar-refractivity contribution in [2.45, 2.75) is 30.0 Å². The second kappa shape index (κ2) is 4.81. The Morgan fingerprint density at radius 3 is 2.30 bits per heavy atom. The maximum absolute atomic E-state index is 12.6. The Bertz CT molecular complexity index is 612. The highest BCUT2D eigenvalue weighted by Gasteiger charge is 2.38. The first-order valence-corrected chi connectivity index (χ1v) is 7.38. The summed E-state index contributed by atoms with van der Waals surface area (Å²) < 4.78 is 60.1. The van der Waals surface area contributed by atoms with Gasteiger partial charge in [0.1, 0.15) is 11.4 Å². The van der Waals surface area contributed by atoms with E-state index in [0.29, 0.717) is 12.8 Å². The van der Waals surface area contributed by atoms with Crippen LogP contribution in [0.25, 0.3) is 0 Å². The molecular formula is C11H14F3N3O2S. The molecule has 20 heavy (non-hydrogen) atoms. The number of rotatable bonds is 4. The number of nitrogens with two attached hydrogens (primary N) is 2. The summed E-state index contributed by atoms with van der Waals surface area (Å²) in [5, 5.41) is 4.96. The molecule has 0 bridgehead atoms. The summed E-state index contributed by atoms with van der Waals surface area (Å²) in [6.45, 7) is -1.09. The average molecular weight is 309 g/mol. The summed E-state index contributed by atoms with van der Waals surface area (Å²) in [7, 11) is -3.98. The van der Waals surface area contributed by atoms with Crippen LogP contribution in [0.4, 0.5) is 24.5 Å². The third kappa shape index (κ3) is 3.54. The molecule has 0 heterocycles. The van der Waals surface area contributed by atoms with E-state index in [9.17, 15) is 21.6 Å². The van der Waals surface area contributed by atoms with E-state index < -0.39 is 22.7 Å². The molecule has 1 saturated carbocycles. The van der Waals surface area contributed by atoms with Crippen molar-refractivity contribution in [3.63, 3.8) is 0 Å². The van der Waals surface area contributed by atoms with Gasteiger partial charge in [-0.1, -0.05) is 0 Å². The standard InChI is InChI=1S/C11H14F3N3O2S/c12-11(13,14)6-17(7-1-2-7)8-3-4-10(9(15)5-8)20(16,18)19/h3-5,7H,1-2,6,15H2,(H2,16,18,19). The number of benzene rings is 1. The molecule has 1 aromatic carbocycles. The largest absolute Gasteiger partial charge is 0.405 e. The second-order valence-corrected chi connectivity index (χ2v) is 6.27. The van der Waals surface area contributed by atoms with Crippen LogP contribution < -0.4 is 15.8 Å². The molecule has 0 spiro atoms. The van der Waals surface area contributed by atoms with Crippen molar-refractivity contribution in [1.29, 1.82) is 0 Å². The minimum absolute atomic E-state index is 0.155. The van der Waals surface area contributed by atoms with Crippen molar-refractivity contribution in [3.05, 3.63) is 18.2 Å². The number of hydrogen-bond donors (Lipinski definition) is 2. The topological polar surface area (TPSA) is 89.4 Å². The summed E-state index contributed by atoms with van der Waals surface area (Å²) in [5.74, 6) is 0. The second-order valence-electron chi connectivity index (χ2n) is 4.74. The van der Waals surface area contributed by atoms with Gasteiger partial charge in [-0.15, -0.1) is 0 Å². The molecule has 9 heteroatoms. The van der Waals surface area contributed by atoms with E-state index in [-0.39, 0.29) is 22.3 Å². The highest BCUT2D eigenvalue weighted by atomic mass is 32.2. The molecule has 0 aromatic heterocycles. The normalized spacial score (nSPS) is 16.2. The van der Waals surface area contributed by atoms with E-state index in [2.05, 4.69) is 0 Å². The molecule has 1 fully saturated rings. The van der Waals surface area contributed by atoms with Crippen molar-refractivity contribution in [2.75, 3.05) is 17.2 Å².